The average Bonchev–Trinajstić information content (AvgIpc) is 2.68. The van der Waals surface area contributed by atoms with E-state index < -0.39 is 14.4 Å². The highest BCUT2D eigenvalue weighted by atomic mass is 28.4. The van der Waals surface area contributed by atoms with Crippen LogP contribution < -0.4 is 0 Å². The van der Waals surface area contributed by atoms with Crippen molar-refractivity contribution in [3.63, 3.8) is 0 Å². The fourth-order valence-corrected chi connectivity index (χ4v) is 3.96. The lowest BCUT2D eigenvalue weighted by Gasteiger charge is -2.40. The van der Waals surface area contributed by atoms with Crippen LogP contribution in [0.5, 0.6) is 0 Å². The molecule has 156 valence electrons. The molecule has 0 saturated carbocycles. The molecule has 0 unspecified atom stereocenters. The van der Waals surface area contributed by atoms with E-state index in [2.05, 4.69) is 69.0 Å². The summed E-state index contributed by atoms with van der Waals surface area (Å²) < 4.78 is 6.48. The molecule has 0 spiro atoms. The summed E-state index contributed by atoms with van der Waals surface area (Å²) >= 11 is 0. The largest absolute Gasteiger partial charge is 0.415 e. The van der Waals surface area contributed by atoms with Gasteiger partial charge < -0.3 is 9.53 Å². The number of terminal acetylenes is 1. The first kappa shape index (κ1) is 23.4. The van der Waals surface area contributed by atoms with Crippen molar-refractivity contribution in [2.45, 2.75) is 64.1 Å². The van der Waals surface area contributed by atoms with E-state index in [0.717, 1.165) is 0 Å². The number of nitrogens with zero attached hydrogens (tertiary/aromatic N) is 1. The van der Waals surface area contributed by atoms with Crippen LogP contribution in [0.4, 0.5) is 0 Å². The fraction of sp³-hybridized carbons (Fsp3) is 0.440. The molecule has 3 nitrogen and oxygen atoms in total. The smallest absolute Gasteiger partial charge is 0.192 e. The lowest BCUT2D eigenvalue weighted by Crippen LogP contribution is -2.50. The van der Waals surface area contributed by atoms with E-state index in [0.29, 0.717) is 19.7 Å². The standard InChI is InChI=1S/C25H35NO2Si/c1-7-24(27)23(20-28-29(5,6)25(2,3)4)26(18-21-14-10-8-11-15-21)19-22-16-12-9-13-17-22/h1,8-17,23-24,27H,18-20H2,2-6H3/t23-,24+/m0/s1. The van der Waals surface area contributed by atoms with Gasteiger partial charge in [-0.05, 0) is 29.3 Å². The summed E-state index contributed by atoms with van der Waals surface area (Å²) in [4.78, 5) is 2.24. The van der Waals surface area contributed by atoms with Crippen molar-refractivity contribution in [3.05, 3.63) is 71.8 Å². The molecule has 0 aliphatic rings. The van der Waals surface area contributed by atoms with Crippen LogP contribution in [-0.2, 0) is 17.5 Å². The number of aliphatic hydroxyl groups is 1. The van der Waals surface area contributed by atoms with Crippen molar-refractivity contribution in [2.24, 2.45) is 0 Å². The zero-order valence-corrected chi connectivity index (χ0v) is 19.4. The van der Waals surface area contributed by atoms with Crippen LogP contribution in [0.3, 0.4) is 0 Å². The highest BCUT2D eigenvalue weighted by molar-refractivity contribution is 6.74. The Labute approximate surface area is 177 Å². The van der Waals surface area contributed by atoms with Gasteiger partial charge in [-0.25, -0.2) is 0 Å². The molecular formula is C25H35NO2Si. The Morgan fingerprint density at radius 3 is 1.79 bits per heavy atom. The van der Waals surface area contributed by atoms with Crippen LogP contribution >= 0.6 is 0 Å². The number of hydrogen-bond acceptors (Lipinski definition) is 3. The Balaban J connectivity index is 2.29. The van der Waals surface area contributed by atoms with E-state index in [1.807, 2.05) is 36.4 Å². The van der Waals surface area contributed by atoms with Gasteiger partial charge in [0.15, 0.2) is 8.32 Å². The molecular weight excluding hydrogens is 374 g/mol. The summed E-state index contributed by atoms with van der Waals surface area (Å²) in [5.41, 5.74) is 2.37. The second-order valence-corrected chi connectivity index (χ2v) is 13.9. The van der Waals surface area contributed by atoms with Gasteiger partial charge >= 0.3 is 0 Å². The molecule has 4 heteroatoms. The van der Waals surface area contributed by atoms with Gasteiger partial charge in [0.1, 0.15) is 6.10 Å². The zero-order valence-electron chi connectivity index (χ0n) is 18.4. The third-order valence-corrected chi connectivity index (χ3v) is 10.4. The summed E-state index contributed by atoms with van der Waals surface area (Å²) in [7, 11) is -1.96. The maximum Gasteiger partial charge on any atom is 0.192 e. The van der Waals surface area contributed by atoms with Crippen LogP contribution in [-0.4, -0.2) is 37.1 Å². The Bertz CT molecular complexity index is 736. The lowest BCUT2D eigenvalue weighted by atomic mass is 10.1. The van der Waals surface area contributed by atoms with E-state index >= 15 is 0 Å². The lowest BCUT2D eigenvalue weighted by molar-refractivity contribution is 0.0373. The minimum absolute atomic E-state index is 0.0995. The molecule has 2 aromatic rings. The van der Waals surface area contributed by atoms with Gasteiger partial charge in [-0.3, -0.25) is 4.90 Å². The Morgan fingerprint density at radius 1 is 0.966 bits per heavy atom. The van der Waals surface area contributed by atoms with Crippen molar-refractivity contribution >= 4 is 8.32 Å². The molecule has 0 aliphatic heterocycles. The van der Waals surface area contributed by atoms with E-state index in [1.165, 1.54) is 11.1 Å². The predicted molar refractivity (Wildman–Crippen MR) is 124 cm³/mol. The first-order valence-corrected chi connectivity index (χ1v) is 13.1. The second kappa shape index (κ2) is 10.2. The van der Waals surface area contributed by atoms with Crippen LogP contribution in [0.25, 0.3) is 0 Å². The Hall–Kier alpha value is -1.90. The van der Waals surface area contributed by atoms with Gasteiger partial charge in [0.2, 0.25) is 0 Å². The summed E-state index contributed by atoms with van der Waals surface area (Å²) in [5, 5.41) is 10.8. The van der Waals surface area contributed by atoms with E-state index in [-0.39, 0.29) is 11.1 Å². The summed E-state index contributed by atoms with van der Waals surface area (Å²) in [6.07, 6.45) is 4.76. The maximum absolute atomic E-state index is 10.7. The second-order valence-electron chi connectivity index (χ2n) is 9.13. The summed E-state index contributed by atoms with van der Waals surface area (Å²) in [5.74, 6) is 2.54. The van der Waals surface area contributed by atoms with Crippen molar-refractivity contribution in [1.29, 1.82) is 0 Å². The molecule has 2 aromatic carbocycles. The van der Waals surface area contributed by atoms with E-state index in [4.69, 9.17) is 10.8 Å². The van der Waals surface area contributed by atoms with Crippen LogP contribution in [0.15, 0.2) is 60.7 Å². The normalized spacial score (nSPS) is 14.4. The molecule has 0 radical (unpaired) electrons. The zero-order chi connectivity index (χ0) is 21.5. The van der Waals surface area contributed by atoms with E-state index in [1.54, 1.807) is 0 Å². The highest BCUT2D eigenvalue weighted by Gasteiger charge is 2.39. The Morgan fingerprint density at radius 2 is 1.41 bits per heavy atom. The topological polar surface area (TPSA) is 32.7 Å². The third-order valence-electron chi connectivity index (χ3n) is 5.88. The predicted octanol–water partition coefficient (Wildman–Crippen LogP) is 5.07. The molecule has 1 N–H and O–H groups in total. The fourth-order valence-electron chi connectivity index (χ4n) is 2.94. The van der Waals surface area contributed by atoms with Crippen LogP contribution in [0, 0.1) is 12.3 Å². The van der Waals surface area contributed by atoms with Gasteiger partial charge in [-0.15, -0.1) is 6.42 Å². The molecule has 2 rings (SSSR count). The number of aliphatic hydroxyl groups excluding tert-OH is 1. The van der Waals surface area contributed by atoms with Crippen molar-refractivity contribution < 1.29 is 9.53 Å². The number of hydrogen-bond donors (Lipinski definition) is 1. The molecule has 0 aliphatic carbocycles. The molecule has 29 heavy (non-hydrogen) atoms. The van der Waals surface area contributed by atoms with Gasteiger partial charge in [-0.2, -0.15) is 0 Å². The quantitative estimate of drug-likeness (QED) is 0.463. The van der Waals surface area contributed by atoms with Crippen LogP contribution in [0.1, 0.15) is 31.9 Å². The molecule has 0 amide bonds. The SMILES string of the molecule is C#C[C@@H](O)[C@H](CO[Si](C)(C)C(C)(C)C)N(Cc1ccccc1)Cc1ccccc1. The highest BCUT2D eigenvalue weighted by Crippen LogP contribution is 2.36. The molecule has 2 atom stereocenters. The van der Waals surface area contributed by atoms with Gasteiger partial charge in [0, 0.05) is 13.1 Å². The summed E-state index contributed by atoms with van der Waals surface area (Å²) in [6, 6.07) is 20.3. The maximum atomic E-state index is 10.7. The molecule has 0 fully saturated rings. The monoisotopic (exact) mass is 409 g/mol. The molecule has 0 bridgehead atoms. The third kappa shape index (κ3) is 6.83. The van der Waals surface area contributed by atoms with Gasteiger partial charge in [0.25, 0.3) is 0 Å². The minimum atomic E-state index is -1.96. The first-order valence-electron chi connectivity index (χ1n) is 10.2. The van der Waals surface area contributed by atoms with E-state index in [9.17, 15) is 5.11 Å². The molecule has 0 aromatic heterocycles. The number of benzene rings is 2. The average molecular weight is 410 g/mol. The van der Waals surface area contributed by atoms with Crippen molar-refractivity contribution in [3.8, 4) is 12.3 Å². The van der Waals surface area contributed by atoms with Crippen LogP contribution in [0.2, 0.25) is 18.1 Å². The summed E-state index contributed by atoms with van der Waals surface area (Å²) in [6.45, 7) is 12.9. The van der Waals surface area contributed by atoms with Crippen molar-refractivity contribution in [2.75, 3.05) is 6.61 Å². The minimum Gasteiger partial charge on any atom is -0.415 e. The van der Waals surface area contributed by atoms with Gasteiger partial charge in [-0.1, -0.05) is 87.4 Å². The first-order chi connectivity index (χ1) is 13.6. The molecule has 0 heterocycles. The number of rotatable bonds is 9. The van der Waals surface area contributed by atoms with Crippen molar-refractivity contribution in [1.82, 2.24) is 4.90 Å². The Kier molecular flexibility index (Phi) is 8.24. The van der Waals surface area contributed by atoms with Gasteiger partial charge in [0.05, 0.1) is 12.6 Å². The molecule has 0 saturated heterocycles.